The Hall–Kier alpha value is -3.19. The smallest absolute Gasteiger partial charge is 0.186 e. The predicted molar refractivity (Wildman–Crippen MR) is 85.9 cm³/mol. The quantitative estimate of drug-likeness (QED) is 0.605. The first kappa shape index (κ1) is 18.2. The van der Waals surface area contributed by atoms with Crippen molar-refractivity contribution in [1.29, 1.82) is 10.5 Å². The third-order valence-corrected chi connectivity index (χ3v) is 3.45. The molecule has 0 saturated heterocycles. The van der Waals surface area contributed by atoms with E-state index >= 15 is 0 Å². The highest BCUT2D eigenvalue weighted by Crippen LogP contribution is 2.34. The Morgan fingerprint density at radius 3 is 2.28 bits per heavy atom. The van der Waals surface area contributed by atoms with Gasteiger partial charge in [0.25, 0.3) is 0 Å². The van der Waals surface area contributed by atoms with Gasteiger partial charge in [0.05, 0.1) is 12.3 Å². The number of rotatable bonds is 6. The molecule has 128 valence electrons. The maximum atomic E-state index is 14.4. The Labute approximate surface area is 143 Å². The van der Waals surface area contributed by atoms with Gasteiger partial charge in [0.2, 0.25) is 0 Å². The Morgan fingerprint density at radius 1 is 1.00 bits per heavy atom. The summed E-state index contributed by atoms with van der Waals surface area (Å²) in [5.41, 5.74) is -2.45. The third-order valence-electron chi connectivity index (χ3n) is 3.45. The maximum Gasteiger partial charge on any atom is 0.186 e. The van der Waals surface area contributed by atoms with E-state index in [1.807, 2.05) is 6.92 Å². The molecule has 0 aliphatic heterocycles. The molecule has 0 radical (unpaired) electrons. The lowest BCUT2D eigenvalue weighted by Crippen LogP contribution is -2.07. The molecule has 7 heteroatoms. The summed E-state index contributed by atoms with van der Waals surface area (Å²) in [7, 11) is 0. The molecule has 2 rings (SSSR count). The minimum Gasteiger partial charge on any atom is -0.491 e. The molecule has 2 aromatic carbocycles. The van der Waals surface area contributed by atoms with Gasteiger partial charge in [0, 0.05) is 0 Å². The van der Waals surface area contributed by atoms with Crippen LogP contribution in [0.3, 0.4) is 0 Å². The zero-order valence-corrected chi connectivity index (χ0v) is 13.4. The van der Waals surface area contributed by atoms with Crippen LogP contribution in [0.4, 0.5) is 24.5 Å². The van der Waals surface area contributed by atoms with E-state index in [-0.39, 0.29) is 5.69 Å². The van der Waals surface area contributed by atoms with Crippen LogP contribution in [0.25, 0.3) is 0 Å². The van der Waals surface area contributed by atoms with Crippen molar-refractivity contribution in [3.05, 3.63) is 52.8 Å². The summed E-state index contributed by atoms with van der Waals surface area (Å²) in [5, 5.41) is 20.2. The molecular formula is C18H14F3N3O. The summed E-state index contributed by atoms with van der Waals surface area (Å²) in [6.45, 7) is 2.40. The normalized spacial score (nSPS) is 10.0. The molecule has 1 N–H and O–H groups in total. The van der Waals surface area contributed by atoms with E-state index < -0.39 is 34.3 Å². The lowest BCUT2D eigenvalue weighted by molar-refractivity contribution is 0.311. The number of nitriles is 2. The van der Waals surface area contributed by atoms with Crippen molar-refractivity contribution in [1.82, 2.24) is 0 Å². The second-order valence-corrected chi connectivity index (χ2v) is 5.11. The van der Waals surface area contributed by atoms with Gasteiger partial charge in [0.1, 0.15) is 34.7 Å². The second kappa shape index (κ2) is 8.07. The standard InChI is InChI=1S/C18H14F3N3O/c1-2-3-8-25-14-7-5-4-6-13(14)24-18-16(20)12(10-23)11(9-22)15(19)17(18)21/h4-7,24H,2-3,8H2,1H3. The summed E-state index contributed by atoms with van der Waals surface area (Å²) < 4.78 is 48.1. The Morgan fingerprint density at radius 2 is 1.64 bits per heavy atom. The minimum atomic E-state index is -1.58. The van der Waals surface area contributed by atoms with Crippen LogP contribution < -0.4 is 10.1 Å². The third kappa shape index (κ3) is 3.67. The van der Waals surface area contributed by atoms with Crippen LogP contribution in [0, 0.1) is 40.1 Å². The molecule has 0 amide bonds. The van der Waals surface area contributed by atoms with Crippen LogP contribution in [-0.2, 0) is 0 Å². The van der Waals surface area contributed by atoms with Crippen LogP contribution in [0.15, 0.2) is 24.3 Å². The summed E-state index contributed by atoms with van der Waals surface area (Å²) >= 11 is 0. The number of halogens is 3. The summed E-state index contributed by atoms with van der Waals surface area (Å²) in [4.78, 5) is 0. The van der Waals surface area contributed by atoms with Gasteiger partial charge in [-0.25, -0.2) is 13.2 Å². The fourth-order valence-electron chi connectivity index (χ4n) is 2.14. The van der Waals surface area contributed by atoms with Crippen LogP contribution in [0.1, 0.15) is 30.9 Å². The second-order valence-electron chi connectivity index (χ2n) is 5.11. The van der Waals surface area contributed by atoms with Crippen LogP contribution in [0.2, 0.25) is 0 Å². The number of nitrogens with one attached hydrogen (secondary N) is 1. The van der Waals surface area contributed by atoms with Gasteiger partial charge in [-0.15, -0.1) is 0 Å². The fourth-order valence-corrected chi connectivity index (χ4v) is 2.14. The highest BCUT2D eigenvalue weighted by molar-refractivity contribution is 5.70. The Bertz CT molecular complexity index is 869. The van der Waals surface area contributed by atoms with E-state index in [4.69, 9.17) is 15.3 Å². The van der Waals surface area contributed by atoms with E-state index in [1.54, 1.807) is 18.2 Å². The van der Waals surface area contributed by atoms with Crippen LogP contribution >= 0.6 is 0 Å². The van der Waals surface area contributed by atoms with Crippen molar-refractivity contribution >= 4 is 11.4 Å². The van der Waals surface area contributed by atoms with Crippen LogP contribution in [0.5, 0.6) is 5.75 Å². The summed E-state index contributed by atoms with van der Waals surface area (Å²) in [5.74, 6) is -4.15. The molecule has 0 aliphatic rings. The number of unbranched alkanes of at least 4 members (excludes halogenated alkanes) is 1. The summed E-state index contributed by atoms with van der Waals surface area (Å²) in [6, 6.07) is 9.08. The predicted octanol–water partition coefficient (Wildman–Crippen LogP) is 4.77. The van der Waals surface area contributed by atoms with Crippen molar-refractivity contribution in [3.8, 4) is 17.9 Å². The largest absolute Gasteiger partial charge is 0.491 e. The van der Waals surface area contributed by atoms with E-state index in [0.717, 1.165) is 12.8 Å². The van der Waals surface area contributed by atoms with E-state index in [1.165, 1.54) is 18.2 Å². The Balaban J connectivity index is 2.48. The molecule has 0 spiro atoms. The number of nitrogens with zero attached hydrogens (tertiary/aromatic N) is 2. The molecule has 4 nitrogen and oxygen atoms in total. The highest BCUT2D eigenvalue weighted by Gasteiger charge is 2.25. The number of hydrogen-bond acceptors (Lipinski definition) is 4. The molecule has 0 aliphatic carbocycles. The SMILES string of the molecule is CCCCOc1ccccc1Nc1c(F)c(F)c(C#N)c(C#N)c1F. The first-order valence-corrected chi connectivity index (χ1v) is 7.54. The summed E-state index contributed by atoms with van der Waals surface area (Å²) in [6.07, 6.45) is 1.70. The molecule has 0 heterocycles. The maximum absolute atomic E-state index is 14.4. The van der Waals surface area contributed by atoms with E-state index in [2.05, 4.69) is 5.32 Å². The minimum absolute atomic E-state index is 0.212. The molecule has 0 saturated carbocycles. The number of anilines is 2. The molecule has 0 unspecified atom stereocenters. The topological polar surface area (TPSA) is 68.8 Å². The molecule has 0 bridgehead atoms. The zero-order chi connectivity index (χ0) is 18.4. The molecule has 0 aromatic heterocycles. The van der Waals surface area contributed by atoms with Crippen molar-refractivity contribution in [2.24, 2.45) is 0 Å². The van der Waals surface area contributed by atoms with Gasteiger partial charge in [-0.2, -0.15) is 10.5 Å². The van der Waals surface area contributed by atoms with Gasteiger partial charge in [-0.3, -0.25) is 0 Å². The Kier molecular flexibility index (Phi) is 5.86. The van der Waals surface area contributed by atoms with Crippen molar-refractivity contribution in [3.63, 3.8) is 0 Å². The molecule has 25 heavy (non-hydrogen) atoms. The molecule has 0 fully saturated rings. The van der Waals surface area contributed by atoms with Crippen molar-refractivity contribution < 1.29 is 17.9 Å². The van der Waals surface area contributed by atoms with Crippen LogP contribution in [-0.4, -0.2) is 6.61 Å². The molecule has 2 aromatic rings. The average molecular weight is 345 g/mol. The molecular weight excluding hydrogens is 331 g/mol. The van der Waals surface area contributed by atoms with Crippen molar-refractivity contribution in [2.75, 3.05) is 11.9 Å². The fraction of sp³-hybridized carbons (Fsp3) is 0.222. The highest BCUT2D eigenvalue weighted by atomic mass is 19.2. The zero-order valence-electron chi connectivity index (χ0n) is 13.4. The average Bonchev–Trinajstić information content (AvgIpc) is 2.62. The first-order valence-electron chi connectivity index (χ1n) is 7.54. The van der Waals surface area contributed by atoms with Gasteiger partial charge in [0.15, 0.2) is 17.5 Å². The number of benzene rings is 2. The monoisotopic (exact) mass is 345 g/mol. The van der Waals surface area contributed by atoms with Gasteiger partial charge >= 0.3 is 0 Å². The van der Waals surface area contributed by atoms with Gasteiger partial charge < -0.3 is 10.1 Å². The van der Waals surface area contributed by atoms with E-state index in [9.17, 15) is 13.2 Å². The van der Waals surface area contributed by atoms with E-state index in [0.29, 0.717) is 12.4 Å². The molecule has 0 atom stereocenters. The lowest BCUT2D eigenvalue weighted by atomic mass is 10.1. The number of hydrogen-bond donors (Lipinski definition) is 1. The lowest BCUT2D eigenvalue weighted by Gasteiger charge is -2.15. The first-order chi connectivity index (χ1) is 12.0. The number of para-hydroxylation sites is 2. The van der Waals surface area contributed by atoms with Crippen molar-refractivity contribution in [2.45, 2.75) is 19.8 Å². The number of ether oxygens (including phenoxy) is 1. The van der Waals surface area contributed by atoms with Gasteiger partial charge in [-0.1, -0.05) is 25.5 Å². The van der Waals surface area contributed by atoms with Gasteiger partial charge in [-0.05, 0) is 18.6 Å².